The molecule has 16 heavy (non-hydrogen) atoms. The number of hydrogen-bond donors (Lipinski definition) is 2. The first-order chi connectivity index (χ1) is 7.41. The van der Waals surface area contributed by atoms with Gasteiger partial charge in [-0.05, 0) is 24.1 Å². The van der Waals surface area contributed by atoms with E-state index in [4.69, 9.17) is 28.3 Å². The van der Waals surface area contributed by atoms with Gasteiger partial charge < -0.3 is 10.2 Å². The van der Waals surface area contributed by atoms with E-state index in [0.717, 1.165) is 0 Å². The topological polar surface area (TPSA) is 57.5 Å². The lowest BCUT2D eigenvalue weighted by Crippen LogP contribution is -2.14. The second-order valence-corrected chi connectivity index (χ2v) is 4.53. The highest BCUT2D eigenvalue weighted by Crippen LogP contribution is 2.31. The third-order valence-corrected chi connectivity index (χ3v) is 2.89. The van der Waals surface area contributed by atoms with Crippen LogP contribution in [0.5, 0.6) is 0 Å². The third kappa shape index (κ3) is 3.37. The fourth-order valence-corrected chi connectivity index (χ4v) is 1.84. The fourth-order valence-electron chi connectivity index (χ4n) is 1.43. The lowest BCUT2D eigenvalue weighted by molar-refractivity contribution is -0.139. The molecule has 0 spiro atoms. The van der Waals surface area contributed by atoms with Crippen LogP contribution in [0.4, 0.5) is 0 Å². The Kier molecular flexibility index (Phi) is 4.59. The molecule has 1 rings (SSSR count). The molecule has 0 aliphatic carbocycles. The molecule has 1 aromatic carbocycles. The zero-order valence-corrected chi connectivity index (χ0v) is 10.2. The summed E-state index contributed by atoms with van der Waals surface area (Å²) < 4.78 is 0. The van der Waals surface area contributed by atoms with E-state index in [0.29, 0.717) is 15.6 Å². The number of carboxylic acid groups (broad SMARTS) is 1. The van der Waals surface area contributed by atoms with E-state index in [9.17, 15) is 9.90 Å². The first-order valence-corrected chi connectivity index (χ1v) is 5.52. The van der Waals surface area contributed by atoms with Gasteiger partial charge in [-0.2, -0.15) is 0 Å². The van der Waals surface area contributed by atoms with E-state index in [1.807, 2.05) is 0 Å². The summed E-state index contributed by atoms with van der Waals surface area (Å²) in [6.07, 6.45) is -1.05. The molecule has 0 aromatic heterocycles. The number of carbonyl (C=O) groups is 1. The number of benzene rings is 1. The minimum Gasteiger partial charge on any atom is -0.481 e. The van der Waals surface area contributed by atoms with Gasteiger partial charge >= 0.3 is 5.97 Å². The van der Waals surface area contributed by atoms with Crippen molar-refractivity contribution < 1.29 is 15.0 Å². The molecule has 2 atom stereocenters. The number of aliphatic carboxylic acids is 1. The molecule has 0 heterocycles. The Balaban J connectivity index is 2.90. The van der Waals surface area contributed by atoms with Gasteiger partial charge in [-0.15, -0.1) is 0 Å². The lowest BCUT2D eigenvalue weighted by atomic mass is 9.95. The maximum Gasteiger partial charge on any atom is 0.303 e. The summed E-state index contributed by atoms with van der Waals surface area (Å²) in [5, 5.41) is 19.4. The monoisotopic (exact) mass is 262 g/mol. The summed E-state index contributed by atoms with van der Waals surface area (Å²) in [4.78, 5) is 10.5. The normalized spacial score (nSPS) is 14.5. The van der Waals surface area contributed by atoms with Crippen LogP contribution in [0.15, 0.2) is 18.2 Å². The third-order valence-electron chi connectivity index (χ3n) is 2.31. The molecular formula is C11H12Cl2O3. The fraction of sp³-hybridized carbons (Fsp3) is 0.364. The Bertz CT molecular complexity index is 393. The van der Waals surface area contributed by atoms with Gasteiger partial charge in [-0.25, -0.2) is 0 Å². The zero-order valence-electron chi connectivity index (χ0n) is 8.65. The van der Waals surface area contributed by atoms with Crippen molar-refractivity contribution in [1.82, 2.24) is 0 Å². The predicted molar refractivity (Wildman–Crippen MR) is 62.8 cm³/mol. The minimum atomic E-state index is -0.954. The number of aliphatic hydroxyl groups is 1. The van der Waals surface area contributed by atoms with E-state index >= 15 is 0 Å². The van der Waals surface area contributed by atoms with Crippen LogP contribution in [0.3, 0.4) is 0 Å². The van der Waals surface area contributed by atoms with Crippen LogP contribution in [-0.4, -0.2) is 16.2 Å². The number of hydrogen-bond acceptors (Lipinski definition) is 2. The first kappa shape index (κ1) is 13.3. The van der Waals surface area contributed by atoms with Crippen LogP contribution in [0.25, 0.3) is 0 Å². The lowest BCUT2D eigenvalue weighted by Gasteiger charge is -2.18. The van der Waals surface area contributed by atoms with Crippen molar-refractivity contribution >= 4 is 29.2 Å². The van der Waals surface area contributed by atoms with Crippen molar-refractivity contribution in [3.8, 4) is 0 Å². The van der Waals surface area contributed by atoms with Crippen LogP contribution in [0.1, 0.15) is 25.0 Å². The summed E-state index contributed by atoms with van der Waals surface area (Å²) in [7, 11) is 0. The Hall–Kier alpha value is -0.770. The minimum absolute atomic E-state index is 0.121. The van der Waals surface area contributed by atoms with E-state index in [1.165, 1.54) is 0 Å². The number of halogens is 2. The molecule has 88 valence electrons. The SMILES string of the molecule is CC(CC(=O)O)C(O)c1cc(Cl)ccc1Cl. The maximum absolute atomic E-state index is 10.5. The molecule has 0 aliphatic heterocycles. The Labute approximate surface area is 104 Å². The van der Waals surface area contributed by atoms with Crippen molar-refractivity contribution in [3.63, 3.8) is 0 Å². The highest BCUT2D eigenvalue weighted by molar-refractivity contribution is 6.33. The molecule has 0 fully saturated rings. The van der Waals surface area contributed by atoms with Gasteiger partial charge in [0.25, 0.3) is 0 Å². The standard InChI is InChI=1S/C11H12Cl2O3/c1-6(4-10(14)15)11(16)8-5-7(12)2-3-9(8)13/h2-3,5-6,11,16H,4H2,1H3,(H,14,15). The Morgan fingerprint density at radius 1 is 1.44 bits per heavy atom. The molecular weight excluding hydrogens is 251 g/mol. The zero-order chi connectivity index (χ0) is 12.3. The molecule has 0 aliphatic rings. The molecule has 2 N–H and O–H groups in total. The van der Waals surface area contributed by atoms with Crippen molar-refractivity contribution in [2.75, 3.05) is 0 Å². The van der Waals surface area contributed by atoms with E-state index in [-0.39, 0.29) is 6.42 Å². The highest BCUT2D eigenvalue weighted by atomic mass is 35.5. The van der Waals surface area contributed by atoms with Gasteiger partial charge in [-0.1, -0.05) is 30.1 Å². The summed E-state index contributed by atoms with van der Waals surface area (Å²) in [6, 6.07) is 4.74. The molecule has 1 aromatic rings. The van der Waals surface area contributed by atoms with Crippen LogP contribution < -0.4 is 0 Å². The quantitative estimate of drug-likeness (QED) is 0.877. The second kappa shape index (κ2) is 5.53. The van der Waals surface area contributed by atoms with Crippen molar-refractivity contribution in [2.45, 2.75) is 19.4 Å². The Morgan fingerprint density at radius 3 is 2.62 bits per heavy atom. The summed E-state index contributed by atoms with van der Waals surface area (Å²) in [6.45, 7) is 1.65. The van der Waals surface area contributed by atoms with Gasteiger partial charge in [0.15, 0.2) is 0 Å². The van der Waals surface area contributed by atoms with Crippen LogP contribution in [0, 0.1) is 5.92 Å². The van der Waals surface area contributed by atoms with E-state index in [2.05, 4.69) is 0 Å². The number of aliphatic hydroxyl groups excluding tert-OH is 1. The van der Waals surface area contributed by atoms with Gasteiger partial charge in [0.05, 0.1) is 12.5 Å². The molecule has 3 nitrogen and oxygen atoms in total. The average Bonchev–Trinajstić information content (AvgIpc) is 2.19. The molecule has 0 bridgehead atoms. The van der Waals surface area contributed by atoms with Crippen LogP contribution >= 0.6 is 23.2 Å². The van der Waals surface area contributed by atoms with Crippen molar-refractivity contribution in [1.29, 1.82) is 0 Å². The number of rotatable bonds is 4. The molecule has 0 radical (unpaired) electrons. The van der Waals surface area contributed by atoms with Gasteiger partial charge in [0.1, 0.15) is 0 Å². The van der Waals surface area contributed by atoms with Crippen molar-refractivity contribution in [3.05, 3.63) is 33.8 Å². The van der Waals surface area contributed by atoms with E-state index in [1.54, 1.807) is 25.1 Å². The number of carboxylic acids is 1. The summed E-state index contributed by atoms with van der Waals surface area (Å²) in [5.74, 6) is -1.38. The molecule has 0 saturated carbocycles. The van der Waals surface area contributed by atoms with Crippen LogP contribution in [-0.2, 0) is 4.79 Å². The molecule has 5 heteroatoms. The smallest absolute Gasteiger partial charge is 0.303 e. The summed E-state index contributed by atoms with van der Waals surface area (Å²) >= 11 is 11.7. The van der Waals surface area contributed by atoms with Gasteiger partial charge in [0, 0.05) is 15.6 Å². The predicted octanol–water partition coefficient (Wildman–Crippen LogP) is 3.14. The average molecular weight is 263 g/mol. The van der Waals surface area contributed by atoms with E-state index < -0.39 is 18.0 Å². The van der Waals surface area contributed by atoms with Crippen molar-refractivity contribution in [2.24, 2.45) is 5.92 Å². The highest BCUT2D eigenvalue weighted by Gasteiger charge is 2.21. The first-order valence-electron chi connectivity index (χ1n) is 4.76. The van der Waals surface area contributed by atoms with Crippen LogP contribution in [0.2, 0.25) is 10.0 Å². The summed E-state index contributed by atoms with van der Waals surface area (Å²) in [5.41, 5.74) is 0.461. The largest absolute Gasteiger partial charge is 0.481 e. The molecule has 2 unspecified atom stereocenters. The van der Waals surface area contributed by atoms with Gasteiger partial charge in [0.2, 0.25) is 0 Å². The van der Waals surface area contributed by atoms with Gasteiger partial charge in [-0.3, -0.25) is 4.79 Å². The Morgan fingerprint density at radius 2 is 2.06 bits per heavy atom. The maximum atomic E-state index is 10.5. The molecule has 0 amide bonds. The second-order valence-electron chi connectivity index (χ2n) is 3.69. The molecule has 0 saturated heterocycles.